The van der Waals surface area contributed by atoms with Gasteiger partial charge >= 0.3 is 5.97 Å². The monoisotopic (exact) mass is 354 g/mol. The second-order valence-corrected chi connectivity index (χ2v) is 7.08. The van der Waals surface area contributed by atoms with Crippen LogP contribution in [0.1, 0.15) is 30.9 Å². The van der Waals surface area contributed by atoms with Crippen LogP contribution in [0.4, 0.5) is 0 Å². The maximum absolute atomic E-state index is 12.7. The van der Waals surface area contributed by atoms with Crippen LogP contribution in [0.2, 0.25) is 0 Å². The fourth-order valence-corrected chi connectivity index (χ4v) is 4.09. The molecule has 0 aromatic heterocycles. The molecule has 0 fully saturated rings. The van der Waals surface area contributed by atoms with Crippen molar-refractivity contribution in [3.05, 3.63) is 96.1 Å². The van der Waals surface area contributed by atoms with Crippen molar-refractivity contribution in [2.75, 3.05) is 0 Å². The average molecular weight is 354 g/mol. The Hall–Kier alpha value is -3.13. The van der Waals surface area contributed by atoms with Crippen molar-refractivity contribution < 1.29 is 9.90 Å². The summed E-state index contributed by atoms with van der Waals surface area (Å²) in [5.41, 5.74) is 0.625. The summed E-state index contributed by atoms with van der Waals surface area (Å²) in [7, 11) is 0. The van der Waals surface area contributed by atoms with Crippen LogP contribution in [0.3, 0.4) is 0 Å². The molecule has 0 bridgehead atoms. The maximum Gasteiger partial charge on any atom is 0.318 e. The van der Waals surface area contributed by atoms with E-state index in [1.807, 2.05) is 79.7 Å². The second-order valence-electron chi connectivity index (χ2n) is 7.08. The van der Waals surface area contributed by atoms with Gasteiger partial charge in [0.25, 0.3) is 0 Å². The number of aliphatic carboxylic acids is 1. The summed E-state index contributed by atoms with van der Waals surface area (Å²) in [6.45, 7) is 2.04. The van der Waals surface area contributed by atoms with Gasteiger partial charge in [-0.05, 0) is 51.2 Å². The topological polar surface area (TPSA) is 37.3 Å². The summed E-state index contributed by atoms with van der Waals surface area (Å²) < 4.78 is 0. The van der Waals surface area contributed by atoms with Crippen LogP contribution in [-0.4, -0.2) is 11.1 Å². The van der Waals surface area contributed by atoms with Crippen molar-refractivity contribution in [2.24, 2.45) is 0 Å². The van der Waals surface area contributed by atoms with Gasteiger partial charge in [-0.15, -0.1) is 0 Å². The first-order chi connectivity index (χ1) is 13.1. The van der Waals surface area contributed by atoms with Gasteiger partial charge in [-0.25, -0.2) is 0 Å². The molecule has 2 heteroatoms. The first kappa shape index (κ1) is 17.3. The molecule has 27 heavy (non-hydrogen) atoms. The minimum atomic E-state index is -1.05. The highest BCUT2D eigenvalue weighted by atomic mass is 16.4. The number of hydrogen-bond acceptors (Lipinski definition) is 1. The Balaban J connectivity index is 1.98. The van der Waals surface area contributed by atoms with Gasteiger partial charge < -0.3 is 5.11 Å². The van der Waals surface area contributed by atoms with Crippen molar-refractivity contribution in [1.29, 1.82) is 0 Å². The third kappa shape index (κ3) is 2.87. The molecule has 4 rings (SSSR count). The fourth-order valence-electron chi connectivity index (χ4n) is 4.09. The van der Waals surface area contributed by atoms with E-state index in [2.05, 4.69) is 12.1 Å². The van der Waals surface area contributed by atoms with Crippen LogP contribution >= 0.6 is 0 Å². The van der Waals surface area contributed by atoms with Gasteiger partial charge in [0.05, 0.1) is 0 Å². The lowest BCUT2D eigenvalue weighted by atomic mass is 9.70. The van der Waals surface area contributed by atoms with E-state index >= 15 is 0 Å². The second kappa shape index (κ2) is 6.88. The highest BCUT2D eigenvalue weighted by Gasteiger charge is 2.41. The Morgan fingerprint density at radius 1 is 0.741 bits per heavy atom. The SMILES string of the molecule is CCCC(C(=O)O)(c1ccc2ccccc2c1)c1ccc2ccccc2c1. The predicted octanol–water partition coefficient (Wildman–Crippen LogP) is 6.16. The van der Waals surface area contributed by atoms with Gasteiger partial charge in [0, 0.05) is 0 Å². The molecule has 4 aromatic rings. The van der Waals surface area contributed by atoms with E-state index in [1.54, 1.807) is 0 Å². The Labute approximate surface area is 159 Å². The molecule has 0 saturated carbocycles. The molecule has 2 nitrogen and oxygen atoms in total. The van der Waals surface area contributed by atoms with Crippen LogP contribution in [-0.2, 0) is 10.2 Å². The molecule has 4 aromatic carbocycles. The molecule has 0 atom stereocenters. The molecule has 0 amide bonds. The number of carbonyl (C=O) groups is 1. The van der Waals surface area contributed by atoms with E-state index < -0.39 is 11.4 Å². The van der Waals surface area contributed by atoms with Crippen LogP contribution in [0.5, 0.6) is 0 Å². The Kier molecular flexibility index (Phi) is 4.41. The average Bonchev–Trinajstić information content (AvgIpc) is 2.71. The van der Waals surface area contributed by atoms with Crippen LogP contribution in [0, 0.1) is 0 Å². The fraction of sp³-hybridized carbons (Fsp3) is 0.160. The Bertz CT molecular complexity index is 1050. The van der Waals surface area contributed by atoms with Crippen LogP contribution < -0.4 is 0 Å². The van der Waals surface area contributed by atoms with Crippen molar-refractivity contribution in [1.82, 2.24) is 0 Å². The summed E-state index contributed by atoms with van der Waals surface area (Å²) >= 11 is 0. The molecule has 0 aliphatic rings. The van der Waals surface area contributed by atoms with E-state index in [9.17, 15) is 9.90 Å². The number of fused-ring (bicyclic) bond motifs is 2. The predicted molar refractivity (Wildman–Crippen MR) is 111 cm³/mol. The number of carboxylic acids is 1. The standard InChI is InChI=1S/C25H22O2/c1-2-15-25(24(26)27,22-13-11-18-7-3-5-9-20(18)16-22)23-14-12-19-8-4-6-10-21(19)17-23/h3-14,16-17H,2,15H2,1H3,(H,26,27). The lowest BCUT2D eigenvalue weighted by Crippen LogP contribution is -2.37. The summed E-state index contributed by atoms with van der Waals surface area (Å²) in [5.74, 6) is -0.796. The highest BCUT2D eigenvalue weighted by Crippen LogP contribution is 2.39. The molecular weight excluding hydrogens is 332 g/mol. The Morgan fingerprint density at radius 2 is 1.19 bits per heavy atom. The first-order valence-corrected chi connectivity index (χ1v) is 9.37. The molecule has 134 valence electrons. The summed E-state index contributed by atoms with van der Waals surface area (Å²) in [4.78, 5) is 12.7. The zero-order valence-electron chi connectivity index (χ0n) is 15.4. The molecule has 0 aliphatic heterocycles. The molecule has 0 unspecified atom stereocenters. The summed E-state index contributed by atoms with van der Waals surface area (Å²) in [5, 5.41) is 14.8. The van der Waals surface area contributed by atoms with Gasteiger partial charge in [0.2, 0.25) is 0 Å². The molecule has 0 aliphatic carbocycles. The number of rotatable bonds is 5. The van der Waals surface area contributed by atoms with Crippen molar-refractivity contribution in [2.45, 2.75) is 25.2 Å². The largest absolute Gasteiger partial charge is 0.480 e. The van der Waals surface area contributed by atoms with E-state index in [1.165, 1.54) is 0 Å². The summed E-state index contributed by atoms with van der Waals surface area (Å²) in [6, 6.07) is 28.2. The van der Waals surface area contributed by atoms with Crippen molar-refractivity contribution in [3.8, 4) is 0 Å². The zero-order valence-corrected chi connectivity index (χ0v) is 15.4. The number of benzene rings is 4. The normalized spacial score (nSPS) is 11.7. The quantitative estimate of drug-likeness (QED) is 0.466. The zero-order chi connectivity index (χ0) is 18.9. The minimum Gasteiger partial charge on any atom is -0.480 e. The van der Waals surface area contributed by atoms with Crippen LogP contribution in [0.25, 0.3) is 21.5 Å². The van der Waals surface area contributed by atoms with Gasteiger partial charge in [-0.1, -0.05) is 86.1 Å². The van der Waals surface area contributed by atoms with E-state index in [4.69, 9.17) is 0 Å². The van der Waals surface area contributed by atoms with E-state index in [0.717, 1.165) is 39.1 Å². The van der Waals surface area contributed by atoms with Gasteiger partial charge in [-0.3, -0.25) is 4.79 Å². The first-order valence-electron chi connectivity index (χ1n) is 9.37. The van der Waals surface area contributed by atoms with Crippen molar-refractivity contribution >= 4 is 27.5 Å². The smallest absolute Gasteiger partial charge is 0.318 e. The minimum absolute atomic E-state index is 0.555. The Morgan fingerprint density at radius 3 is 1.59 bits per heavy atom. The lowest BCUT2D eigenvalue weighted by molar-refractivity contribution is -0.142. The lowest BCUT2D eigenvalue weighted by Gasteiger charge is -2.31. The van der Waals surface area contributed by atoms with Crippen molar-refractivity contribution in [3.63, 3.8) is 0 Å². The van der Waals surface area contributed by atoms with Gasteiger partial charge in [0.1, 0.15) is 5.41 Å². The van der Waals surface area contributed by atoms with E-state index in [0.29, 0.717) is 6.42 Å². The maximum atomic E-state index is 12.7. The van der Waals surface area contributed by atoms with Crippen LogP contribution in [0.15, 0.2) is 84.9 Å². The van der Waals surface area contributed by atoms with Gasteiger partial charge in [-0.2, -0.15) is 0 Å². The van der Waals surface area contributed by atoms with Gasteiger partial charge in [0.15, 0.2) is 0 Å². The third-order valence-electron chi connectivity index (χ3n) is 5.47. The molecule has 0 saturated heterocycles. The molecule has 0 radical (unpaired) electrons. The third-order valence-corrected chi connectivity index (χ3v) is 5.47. The number of hydrogen-bond donors (Lipinski definition) is 1. The highest BCUT2D eigenvalue weighted by molar-refractivity contribution is 5.92. The number of carboxylic acid groups (broad SMARTS) is 1. The molecular formula is C25H22O2. The molecule has 1 N–H and O–H groups in total. The molecule has 0 heterocycles. The van der Waals surface area contributed by atoms with E-state index in [-0.39, 0.29) is 0 Å². The summed E-state index contributed by atoms with van der Waals surface area (Å²) in [6.07, 6.45) is 1.34. The molecule has 0 spiro atoms.